The smallest absolute Gasteiger partial charge is 0.309 e. The van der Waals surface area contributed by atoms with Crippen molar-refractivity contribution in [2.24, 2.45) is 5.41 Å². The first-order chi connectivity index (χ1) is 8.44. The SMILES string of the molecule is Cc1cc(C)c(CC2(C(=O)O)CCCC2)cc1C. The molecule has 0 radical (unpaired) electrons. The third-order valence-electron chi connectivity index (χ3n) is 4.50. The standard InChI is InChI=1S/C16H22O2/c1-11-8-13(3)14(9-12(11)2)10-16(15(17)18)6-4-5-7-16/h8-9H,4-7,10H2,1-3H3,(H,17,18). The van der Waals surface area contributed by atoms with Crippen LogP contribution in [0.5, 0.6) is 0 Å². The summed E-state index contributed by atoms with van der Waals surface area (Å²) in [5.41, 5.74) is 4.47. The number of rotatable bonds is 3. The fourth-order valence-electron chi connectivity index (χ4n) is 3.09. The van der Waals surface area contributed by atoms with Crippen molar-refractivity contribution >= 4 is 5.97 Å². The maximum Gasteiger partial charge on any atom is 0.309 e. The lowest BCUT2D eigenvalue weighted by atomic mass is 9.78. The first-order valence-electron chi connectivity index (χ1n) is 6.75. The molecule has 0 aromatic heterocycles. The molecular formula is C16H22O2. The van der Waals surface area contributed by atoms with Crippen molar-refractivity contribution in [2.45, 2.75) is 52.9 Å². The summed E-state index contributed by atoms with van der Waals surface area (Å²) in [4.78, 5) is 11.6. The molecule has 0 spiro atoms. The van der Waals surface area contributed by atoms with Gasteiger partial charge in [0.05, 0.1) is 5.41 Å². The second-order valence-electron chi connectivity index (χ2n) is 5.83. The van der Waals surface area contributed by atoms with Crippen LogP contribution in [0, 0.1) is 26.2 Å². The summed E-state index contributed by atoms with van der Waals surface area (Å²) < 4.78 is 0. The van der Waals surface area contributed by atoms with Gasteiger partial charge in [0.25, 0.3) is 0 Å². The maximum absolute atomic E-state index is 11.6. The molecule has 2 nitrogen and oxygen atoms in total. The second-order valence-corrected chi connectivity index (χ2v) is 5.83. The van der Waals surface area contributed by atoms with E-state index in [0.29, 0.717) is 6.42 Å². The second kappa shape index (κ2) is 4.75. The van der Waals surface area contributed by atoms with Crippen LogP contribution in [0.2, 0.25) is 0 Å². The average molecular weight is 246 g/mol. The summed E-state index contributed by atoms with van der Waals surface area (Å²) in [5, 5.41) is 9.54. The normalized spacial score (nSPS) is 17.9. The molecule has 0 aliphatic heterocycles. The molecule has 1 aromatic carbocycles. The van der Waals surface area contributed by atoms with Gasteiger partial charge in [-0.3, -0.25) is 4.79 Å². The number of aliphatic carboxylic acids is 1. The van der Waals surface area contributed by atoms with Gasteiger partial charge in [0, 0.05) is 0 Å². The van der Waals surface area contributed by atoms with Gasteiger partial charge in [0.15, 0.2) is 0 Å². The number of carbonyl (C=O) groups is 1. The highest BCUT2D eigenvalue weighted by Gasteiger charge is 2.41. The lowest BCUT2D eigenvalue weighted by Gasteiger charge is -2.25. The minimum Gasteiger partial charge on any atom is -0.481 e. The summed E-state index contributed by atoms with van der Waals surface area (Å²) in [7, 11) is 0. The van der Waals surface area contributed by atoms with Crippen LogP contribution in [0.25, 0.3) is 0 Å². The molecule has 1 N–H and O–H groups in total. The van der Waals surface area contributed by atoms with Crippen LogP contribution in [0.15, 0.2) is 12.1 Å². The molecule has 98 valence electrons. The van der Waals surface area contributed by atoms with E-state index in [2.05, 4.69) is 32.9 Å². The van der Waals surface area contributed by atoms with E-state index in [1.165, 1.54) is 22.3 Å². The summed E-state index contributed by atoms with van der Waals surface area (Å²) in [6.45, 7) is 6.29. The van der Waals surface area contributed by atoms with Gasteiger partial charge in [-0.2, -0.15) is 0 Å². The molecule has 2 rings (SSSR count). The van der Waals surface area contributed by atoms with E-state index in [9.17, 15) is 9.90 Å². The minimum absolute atomic E-state index is 0.507. The highest BCUT2D eigenvalue weighted by molar-refractivity contribution is 5.75. The lowest BCUT2D eigenvalue weighted by Crippen LogP contribution is -2.30. The third kappa shape index (κ3) is 2.29. The zero-order valence-electron chi connectivity index (χ0n) is 11.5. The zero-order chi connectivity index (χ0) is 13.3. The van der Waals surface area contributed by atoms with Crippen molar-refractivity contribution in [2.75, 3.05) is 0 Å². The maximum atomic E-state index is 11.6. The molecule has 1 aromatic rings. The monoisotopic (exact) mass is 246 g/mol. The Labute approximate surface area is 109 Å². The molecular weight excluding hydrogens is 224 g/mol. The van der Waals surface area contributed by atoms with Crippen molar-refractivity contribution in [3.63, 3.8) is 0 Å². The lowest BCUT2D eigenvalue weighted by molar-refractivity contribution is -0.148. The molecule has 1 aliphatic carbocycles. The van der Waals surface area contributed by atoms with Gasteiger partial charge in [-0.1, -0.05) is 25.0 Å². The first-order valence-corrected chi connectivity index (χ1v) is 6.75. The molecule has 0 saturated heterocycles. The fourth-order valence-corrected chi connectivity index (χ4v) is 3.09. The van der Waals surface area contributed by atoms with Gasteiger partial charge in [-0.15, -0.1) is 0 Å². The van der Waals surface area contributed by atoms with Crippen molar-refractivity contribution in [3.05, 3.63) is 34.4 Å². The Morgan fingerprint density at radius 1 is 1.11 bits per heavy atom. The van der Waals surface area contributed by atoms with Crippen LogP contribution < -0.4 is 0 Å². The number of hydrogen-bond donors (Lipinski definition) is 1. The number of carboxylic acid groups (broad SMARTS) is 1. The molecule has 0 heterocycles. The van der Waals surface area contributed by atoms with Crippen LogP contribution in [0.3, 0.4) is 0 Å². The number of carboxylic acids is 1. The molecule has 2 heteroatoms. The Morgan fingerprint density at radius 3 is 2.22 bits per heavy atom. The van der Waals surface area contributed by atoms with E-state index >= 15 is 0 Å². The molecule has 0 unspecified atom stereocenters. The highest BCUT2D eigenvalue weighted by atomic mass is 16.4. The summed E-state index contributed by atoms with van der Waals surface area (Å²) in [5.74, 6) is -0.613. The van der Waals surface area contributed by atoms with Crippen molar-refractivity contribution in [3.8, 4) is 0 Å². The van der Waals surface area contributed by atoms with E-state index in [1.54, 1.807) is 0 Å². The van der Waals surface area contributed by atoms with E-state index in [1.807, 2.05) is 0 Å². The van der Waals surface area contributed by atoms with Gasteiger partial charge >= 0.3 is 5.97 Å². The van der Waals surface area contributed by atoms with E-state index in [0.717, 1.165) is 25.7 Å². The van der Waals surface area contributed by atoms with Crippen LogP contribution in [0.1, 0.15) is 47.9 Å². The summed E-state index contributed by atoms with van der Waals surface area (Å²) >= 11 is 0. The van der Waals surface area contributed by atoms with Crippen LogP contribution >= 0.6 is 0 Å². The van der Waals surface area contributed by atoms with Gasteiger partial charge in [-0.25, -0.2) is 0 Å². The number of benzene rings is 1. The van der Waals surface area contributed by atoms with E-state index in [4.69, 9.17) is 0 Å². The topological polar surface area (TPSA) is 37.3 Å². The van der Waals surface area contributed by atoms with Gasteiger partial charge in [-0.05, 0) is 62.3 Å². The van der Waals surface area contributed by atoms with Crippen LogP contribution in [-0.4, -0.2) is 11.1 Å². The summed E-state index contributed by atoms with van der Waals surface area (Å²) in [6, 6.07) is 4.35. The highest BCUT2D eigenvalue weighted by Crippen LogP contribution is 2.41. The Bertz CT molecular complexity index is 468. The van der Waals surface area contributed by atoms with Crippen LogP contribution in [-0.2, 0) is 11.2 Å². The average Bonchev–Trinajstić information content (AvgIpc) is 2.76. The molecule has 0 atom stereocenters. The van der Waals surface area contributed by atoms with Crippen molar-refractivity contribution in [1.82, 2.24) is 0 Å². The van der Waals surface area contributed by atoms with Gasteiger partial charge in [0.1, 0.15) is 0 Å². The predicted octanol–water partition coefficient (Wildman–Crippen LogP) is 3.80. The molecule has 18 heavy (non-hydrogen) atoms. The molecule has 1 aliphatic rings. The largest absolute Gasteiger partial charge is 0.481 e. The predicted molar refractivity (Wildman–Crippen MR) is 72.9 cm³/mol. The van der Waals surface area contributed by atoms with Crippen LogP contribution in [0.4, 0.5) is 0 Å². The first kappa shape index (κ1) is 13.1. The summed E-state index contributed by atoms with van der Waals surface area (Å²) in [6.07, 6.45) is 4.45. The minimum atomic E-state index is -0.613. The van der Waals surface area contributed by atoms with Gasteiger partial charge < -0.3 is 5.11 Å². The van der Waals surface area contributed by atoms with Crippen molar-refractivity contribution in [1.29, 1.82) is 0 Å². The fraction of sp³-hybridized carbons (Fsp3) is 0.562. The Morgan fingerprint density at radius 2 is 1.67 bits per heavy atom. The van der Waals surface area contributed by atoms with Gasteiger partial charge in [0.2, 0.25) is 0 Å². The number of hydrogen-bond acceptors (Lipinski definition) is 1. The van der Waals surface area contributed by atoms with Crippen molar-refractivity contribution < 1.29 is 9.90 Å². The van der Waals surface area contributed by atoms with E-state index in [-0.39, 0.29) is 0 Å². The third-order valence-corrected chi connectivity index (χ3v) is 4.50. The molecule has 0 bridgehead atoms. The Balaban J connectivity index is 2.33. The van der Waals surface area contributed by atoms with E-state index < -0.39 is 11.4 Å². The quantitative estimate of drug-likeness (QED) is 0.880. The molecule has 0 amide bonds. The Kier molecular flexibility index (Phi) is 3.47. The molecule has 1 saturated carbocycles. The Hall–Kier alpha value is -1.31. The number of aryl methyl sites for hydroxylation is 3. The molecule has 1 fully saturated rings. The zero-order valence-corrected chi connectivity index (χ0v) is 11.5.